The number of hydrogen-bond donors (Lipinski definition) is 1. The highest BCUT2D eigenvalue weighted by atomic mass is 35.5. The van der Waals surface area contributed by atoms with Crippen molar-refractivity contribution in [2.45, 2.75) is 33.8 Å². The zero-order valence-electron chi connectivity index (χ0n) is 13.2. The molecular formula is C18H20ClNO2. The van der Waals surface area contributed by atoms with E-state index in [1.54, 1.807) is 13.0 Å². The lowest BCUT2D eigenvalue weighted by molar-refractivity contribution is -0.122. The summed E-state index contributed by atoms with van der Waals surface area (Å²) < 4.78 is 5.77. The molecule has 0 spiro atoms. The summed E-state index contributed by atoms with van der Waals surface area (Å²) in [5.41, 5.74) is 3.81. The highest BCUT2D eigenvalue weighted by molar-refractivity contribution is 6.31. The minimum atomic E-state index is -0.597. The fourth-order valence-electron chi connectivity index (χ4n) is 2.01. The zero-order chi connectivity index (χ0) is 16.3. The molecule has 0 aliphatic heterocycles. The molecule has 0 bridgehead atoms. The van der Waals surface area contributed by atoms with Gasteiger partial charge in [-0.2, -0.15) is 0 Å². The highest BCUT2D eigenvalue weighted by Crippen LogP contribution is 2.23. The van der Waals surface area contributed by atoms with Gasteiger partial charge >= 0.3 is 0 Å². The molecule has 0 aliphatic rings. The monoisotopic (exact) mass is 317 g/mol. The van der Waals surface area contributed by atoms with E-state index in [-0.39, 0.29) is 5.91 Å². The summed E-state index contributed by atoms with van der Waals surface area (Å²) in [6, 6.07) is 11.2. The predicted molar refractivity (Wildman–Crippen MR) is 90.8 cm³/mol. The van der Waals surface area contributed by atoms with Crippen LogP contribution in [0.15, 0.2) is 36.4 Å². The summed E-state index contributed by atoms with van der Waals surface area (Å²) >= 11 is 6.06. The molecule has 22 heavy (non-hydrogen) atoms. The molecule has 4 heteroatoms. The summed E-state index contributed by atoms with van der Waals surface area (Å²) in [5, 5.41) is 3.44. The van der Waals surface area contributed by atoms with E-state index < -0.39 is 6.10 Å². The second-order valence-electron chi connectivity index (χ2n) is 5.41. The molecule has 2 rings (SSSR count). The van der Waals surface area contributed by atoms with Crippen LogP contribution in [0.1, 0.15) is 23.6 Å². The molecule has 3 nitrogen and oxygen atoms in total. The molecule has 116 valence electrons. The zero-order valence-corrected chi connectivity index (χ0v) is 14.0. The van der Waals surface area contributed by atoms with E-state index in [1.165, 1.54) is 0 Å². The molecule has 1 amide bonds. The average Bonchev–Trinajstić information content (AvgIpc) is 2.47. The molecule has 0 aromatic heterocycles. The first-order chi connectivity index (χ1) is 10.4. The summed E-state index contributed by atoms with van der Waals surface area (Å²) in [6.45, 7) is 7.64. The number of hydrogen-bond acceptors (Lipinski definition) is 2. The van der Waals surface area contributed by atoms with Crippen LogP contribution in [0.3, 0.4) is 0 Å². The third-order valence-corrected chi connectivity index (χ3v) is 4.07. The van der Waals surface area contributed by atoms with Gasteiger partial charge in [-0.25, -0.2) is 0 Å². The number of aryl methyl sites for hydroxylation is 2. The fraction of sp³-hybridized carbons (Fsp3) is 0.278. The smallest absolute Gasteiger partial charge is 0.265 e. The van der Waals surface area contributed by atoms with E-state index in [9.17, 15) is 4.79 Å². The number of amides is 1. The maximum Gasteiger partial charge on any atom is 0.265 e. The molecule has 0 radical (unpaired) electrons. The van der Waals surface area contributed by atoms with E-state index in [1.807, 2.05) is 51.1 Å². The number of benzene rings is 2. The van der Waals surface area contributed by atoms with Crippen LogP contribution in [-0.2, 0) is 4.79 Å². The van der Waals surface area contributed by atoms with Crippen molar-refractivity contribution in [3.05, 3.63) is 58.1 Å². The molecule has 0 saturated carbocycles. The Morgan fingerprint density at radius 1 is 1.14 bits per heavy atom. The first kappa shape index (κ1) is 16.4. The van der Waals surface area contributed by atoms with E-state index in [0.29, 0.717) is 10.7 Å². The third kappa shape index (κ3) is 3.80. The van der Waals surface area contributed by atoms with Crippen LogP contribution in [0.4, 0.5) is 5.69 Å². The highest BCUT2D eigenvalue weighted by Gasteiger charge is 2.16. The number of nitrogens with one attached hydrogen (secondary N) is 1. The molecular weight excluding hydrogens is 298 g/mol. The Morgan fingerprint density at radius 3 is 2.55 bits per heavy atom. The fourth-order valence-corrected chi connectivity index (χ4v) is 2.19. The van der Waals surface area contributed by atoms with Gasteiger partial charge in [-0.1, -0.05) is 29.8 Å². The van der Waals surface area contributed by atoms with Crippen LogP contribution in [0.2, 0.25) is 5.02 Å². The summed E-state index contributed by atoms with van der Waals surface area (Å²) in [7, 11) is 0. The summed E-state index contributed by atoms with van der Waals surface area (Å²) in [4.78, 5) is 12.2. The van der Waals surface area contributed by atoms with E-state index in [0.717, 1.165) is 22.4 Å². The molecule has 2 aromatic carbocycles. The van der Waals surface area contributed by atoms with Crippen molar-refractivity contribution < 1.29 is 9.53 Å². The van der Waals surface area contributed by atoms with Crippen molar-refractivity contribution >= 4 is 23.2 Å². The second-order valence-corrected chi connectivity index (χ2v) is 5.82. The van der Waals surface area contributed by atoms with Crippen molar-refractivity contribution in [1.82, 2.24) is 0 Å². The first-order valence-corrected chi connectivity index (χ1v) is 7.56. The lowest BCUT2D eigenvalue weighted by Crippen LogP contribution is -2.30. The van der Waals surface area contributed by atoms with E-state index in [2.05, 4.69) is 5.32 Å². The minimum absolute atomic E-state index is 0.208. The van der Waals surface area contributed by atoms with Crippen LogP contribution in [0, 0.1) is 20.8 Å². The molecule has 0 saturated heterocycles. The van der Waals surface area contributed by atoms with Gasteiger partial charge in [0.25, 0.3) is 5.91 Å². The van der Waals surface area contributed by atoms with Crippen molar-refractivity contribution in [1.29, 1.82) is 0 Å². The topological polar surface area (TPSA) is 38.3 Å². The lowest BCUT2D eigenvalue weighted by Gasteiger charge is -2.17. The van der Waals surface area contributed by atoms with Gasteiger partial charge in [-0.15, -0.1) is 0 Å². The van der Waals surface area contributed by atoms with Crippen LogP contribution >= 0.6 is 11.6 Å². The minimum Gasteiger partial charge on any atom is -0.481 e. The van der Waals surface area contributed by atoms with Gasteiger partial charge in [-0.05, 0) is 62.6 Å². The van der Waals surface area contributed by atoms with Gasteiger partial charge < -0.3 is 10.1 Å². The SMILES string of the molecule is Cc1ccc(NC(=O)[C@@H](C)Oc2cccc(C)c2C)cc1Cl. The van der Waals surface area contributed by atoms with Crippen molar-refractivity contribution in [3.8, 4) is 5.75 Å². The lowest BCUT2D eigenvalue weighted by atomic mass is 10.1. The maximum absolute atomic E-state index is 12.2. The largest absolute Gasteiger partial charge is 0.481 e. The normalized spacial score (nSPS) is 11.9. The summed E-state index contributed by atoms with van der Waals surface area (Å²) in [5.74, 6) is 0.519. The van der Waals surface area contributed by atoms with Gasteiger partial charge in [0.1, 0.15) is 5.75 Å². The van der Waals surface area contributed by atoms with Gasteiger partial charge in [-0.3, -0.25) is 4.79 Å². The quantitative estimate of drug-likeness (QED) is 0.889. The van der Waals surface area contributed by atoms with Crippen molar-refractivity contribution in [2.24, 2.45) is 0 Å². The number of ether oxygens (including phenoxy) is 1. The van der Waals surface area contributed by atoms with Gasteiger partial charge in [0, 0.05) is 10.7 Å². The van der Waals surface area contributed by atoms with Crippen LogP contribution in [0.25, 0.3) is 0 Å². The number of anilines is 1. The number of carbonyl (C=O) groups excluding carboxylic acids is 1. The Balaban J connectivity index is 2.06. The van der Waals surface area contributed by atoms with Crippen molar-refractivity contribution in [3.63, 3.8) is 0 Å². The molecule has 0 unspecified atom stereocenters. The molecule has 0 heterocycles. The standard InChI is InChI=1S/C18H20ClNO2/c1-11-6-5-7-17(13(11)3)22-14(4)18(21)20-15-9-8-12(2)16(19)10-15/h5-10,14H,1-4H3,(H,20,21)/t14-/m1/s1. The van der Waals surface area contributed by atoms with Crippen LogP contribution in [0.5, 0.6) is 5.75 Å². The molecule has 1 atom stereocenters. The first-order valence-electron chi connectivity index (χ1n) is 7.18. The Morgan fingerprint density at radius 2 is 1.86 bits per heavy atom. The Bertz CT molecular complexity index is 697. The average molecular weight is 318 g/mol. The Kier molecular flexibility index (Phi) is 5.09. The number of carbonyl (C=O) groups is 1. The molecule has 2 aromatic rings. The number of halogens is 1. The maximum atomic E-state index is 12.2. The van der Waals surface area contributed by atoms with E-state index >= 15 is 0 Å². The van der Waals surface area contributed by atoms with Crippen LogP contribution < -0.4 is 10.1 Å². The predicted octanol–water partition coefficient (Wildman–Crippen LogP) is 4.67. The molecule has 1 N–H and O–H groups in total. The Hall–Kier alpha value is -2.00. The van der Waals surface area contributed by atoms with Gasteiger partial charge in [0.05, 0.1) is 0 Å². The molecule has 0 aliphatic carbocycles. The number of rotatable bonds is 4. The van der Waals surface area contributed by atoms with Crippen LogP contribution in [-0.4, -0.2) is 12.0 Å². The Labute approximate surface area is 136 Å². The van der Waals surface area contributed by atoms with Gasteiger partial charge in [0.15, 0.2) is 6.10 Å². The molecule has 0 fully saturated rings. The van der Waals surface area contributed by atoms with Gasteiger partial charge in [0.2, 0.25) is 0 Å². The second kappa shape index (κ2) is 6.84. The van der Waals surface area contributed by atoms with E-state index in [4.69, 9.17) is 16.3 Å². The summed E-state index contributed by atoms with van der Waals surface area (Å²) in [6.07, 6.45) is -0.597. The van der Waals surface area contributed by atoms with Crippen molar-refractivity contribution in [2.75, 3.05) is 5.32 Å². The third-order valence-electron chi connectivity index (χ3n) is 3.67.